The van der Waals surface area contributed by atoms with Gasteiger partial charge in [0.15, 0.2) is 5.82 Å². The highest BCUT2D eigenvalue weighted by Gasteiger charge is 2.22. The number of amides is 1. The zero-order chi connectivity index (χ0) is 21.2. The maximum absolute atomic E-state index is 12.5. The Hall–Kier alpha value is -2.82. The molecule has 152 valence electrons. The fourth-order valence-electron chi connectivity index (χ4n) is 2.59. The highest BCUT2D eigenvalue weighted by Crippen LogP contribution is 2.20. The monoisotopic (exact) mass is 434 g/mol. The van der Waals surface area contributed by atoms with E-state index in [9.17, 15) is 13.2 Å². The maximum atomic E-state index is 12.5. The fraction of sp³-hybridized carbons (Fsp3) is 0.222. The van der Waals surface area contributed by atoms with E-state index in [0.29, 0.717) is 22.2 Å². The summed E-state index contributed by atoms with van der Waals surface area (Å²) in [6, 6.07) is 9.93. The lowest BCUT2D eigenvalue weighted by Crippen LogP contribution is -2.41. The number of hydrogen-bond donors (Lipinski definition) is 2. The molecule has 3 aromatic rings. The van der Waals surface area contributed by atoms with Gasteiger partial charge in [-0.3, -0.25) is 4.79 Å². The molecule has 29 heavy (non-hydrogen) atoms. The molecule has 1 atom stereocenters. The first-order valence-electron chi connectivity index (χ1n) is 8.62. The second-order valence-corrected chi connectivity index (χ2v) is 8.58. The van der Waals surface area contributed by atoms with Crippen LogP contribution in [-0.4, -0.2) is 40.6 Å². The van der Waals surface area contributed by atoms with Gasteiger partial charge in [-0.2, -0.15) is 9.40 Å². The van der Waals surface area contributed by atoms with Gasteiger partial charge in [0.05, 0.1) is 16.6 Å². The molecular formula is C18H19ClN6O3S. The zero-order valence-corrected chi connectivity index (χ0v) is 17.5. The number of nitrogens with zero attached hydrogens (tertiary/aromatic N) is 4. The molecule has 0 saturated heterocycles. The largest absolute Gasteiger partial charge is 0.325 e. The topological polar surface area (TPSA) is 119 Å². The molecule has 11 heteroatoms. The highest BCUT2D eigenvalue weighted by molar-refractivity contribution is 7.89. The number of carbonyl (C=O) groups is 1. The number of anilines is 1. The number of benzene rings is 2. The van der Waals surface area contributed by atoms with Crippen LogP contribution in [0.5, 0.6) is 0 Å². The van der Waals surface area contributed by atoms with Gasteiger partial charge in [-0.15, -0.1) is 5.10 Å². The Morgan fingerprint density at radius 2 is 1.83 bits per heavy atom. The average Bonchev–Trinajstić information content (AvgIpc) is 3.09. The Labute approximate surface area is 173 Å². The predicted molar refractivity (Wildman–Crippen MR) is 108 cm³/mol. The van der Waals surface area contributed by atoms with Crippen LogP contribution in [0.4, 0.5) is 5.69 Å². The molecule has 0 aliphatic heterocycles. The van der Waals surface area contributed by atoms with Crippen LogP contribution in [-0.2, 0) is 14.8 Å². The molecular weight excluding hydrogens is 416 g/mol. The number of hydrogen-bond acceptors (Lipinski definition) is 6. The number of nitrogens with one attached hydrogen (secondary N) is 2. The van der Waals surface area contributed by atoms with Gasteiger partial charge in [0.2, 0.25) is 15.9 Å². The smallest absolute Gasteiger partial charge is 0.242 e. The first kappa shape index (κ1) is 20.9. The summed E-state index contributed by atoms with van der Waals surface area (Å²) >= 11 is 5.79. The number of halogens is 1. The molecule has 9 nitrogen and oxygen atoms in total. The van der Waals surface area contributed by atoms with Crippen LogP contribution in [0.15, 0.2) is 47.4 Å². The van der Waals surface area contributed by atoms with E-state index < -0.39 is 22.0 Å². The van der Waals surface area contributed by atoms with E-state index in [2.05, 4.69) is 25.6 Å². The lowest BCUT2D eigenvalue weighted by molar-refractivity contribution is -0.117. The maximum Gasteiger partial charge on any atom is 0.242 e. The van der Waals surface area contributed by atoms with Crippen molar-refractivity contribution in [2.24, 2.45) is 0 Å². The summed E-state index contributed by atoms with van der Waals surface area (Å²) in [6.45, 7) is 5.12. The molecule has 0 aliphatic rings. The van der Waals surface area contributed by atoms with Gasteiger partial charge < -0.3 is 5.32 Å². The molecule has 1 aromatic heterocycles. The lowest BCUT2D eigenvalue weighted by atomic mass is 10.1. The van der Waals surface area contributed by atoms with Crippen molar-refractivity contribution in [1.29, 1.82) is 0 Å². The van der Waals surface area contributed by atoms with Crippen molar-refractivity contribution >= 4 is 33.2 Å². The fourth-order valence-corrected chi connectivity index (χ4v) is 3.92. The Balaban J connectivity index is 1.74. The minimum absolute atomic E-state index is 0.0216. The van der Waals surface area contributed by atoms with E-state index in [1.54, 1.807) is 23.7 Å². The van der Waals surface area contributed by atoms with Crippen LogP contribution in [0.1, 0.15) is 18.3 Å². The number of sulfonamides is 1. The van der Waals surface area contributed by atoms with Crippen molar-refractivity contribution in [3.63, 3.8) is 0 Å². The molecule has 0 spiro atoms. The van der Waals surface area contributed by atoms with Crippen molar-refractivity contribution in [3.05, 3.63) is 58.9 Å². The van der Waals surface area contributed by atoms with Gasteiger partial charge in [-0.25, -0.2) is 8.42 Å². The van der Waals surface area contributed by atoms with E-state index in [0.717, 1.165) is 5.56 Å². The molecule has 0 radical (unpaired) electrons. The van der Waals surface area contributed by atoms with Gasteiger partial charge in [0.25, 0.3) is 0 Å². The quantitative estimate of drug-likeness (QED) is 0.614. The number of tetrazole rings is 1. The van der Waals surface area contributed by atoms with E-state index in [-0.39, 0.29) is 4.90 Å². The van der Waals surface area contributed by atoms with Crippen LogP contribution < -0.4 is 10.0 Å². The first-order valence-corrected chi connectivity index (χ1v) is 10.5. The van der Waals surface area contributed by atoms with Crippen LogP contribution in [0.2, 0.25) is 5.02 Å². The molecule has 1 heterocycles. The first-order chi connectivity index (χ1) is 13.7. The van der Waals surface area contributed by atoms with Crippen molar-refractivity contribution in [2.75, 3.05) is 5.32 Å². The summed E-state index contributed by atoms with van der Waals surface area (Å²) in [7, 11) is -3.87. The van der Waals surface area contributed by atoms with Crippen LogP contribution in [0, 0.1) is 13.8 Å². The Kier molecular flexibility index (Phi) is 5.96. The molecule has 2 N–H and O–H groups in total. The molecule has 0 unspecified atom stereocenters. The second kappa shape index (κ2) is 8.27. The standard InChI is InChI=1S/C18H19ClN6O3S/c1-11-4-7-15(10-17(11)25-13(3)21-23-24-25)20-18(26)12(2)22-29(27,28)16-8-5-14(19)6-9-16/h4-10,12,22H,1-3H3,(H,20,26)/t12-/m0/s1. The number of aryl methyl sites for hydroxylation is 2. The molecule has 0 aliphatic carbocycles. The molecule has 1 amide bonds. The third-order valence-electron chi connectivity index (χ3n) is 4.18. The van der Waals surface area contributed by atoms with Crippen molar-refractivity contribution < 1.29 is 13.2 Å². The minimum atomic E-state index is -3.87. The summed E-state index contributed by atoms with van der Waals surface area (Å²) in [5, 5.41) is 14.5. The lowest BCUT2D eigenvalue weighted by Gasteiger charge is -2.15. The molecule has 2 aromatic carbocycles. The summed E-state index contributed by atoms with van der Waals surface area (Å²) in [6.07, 6.45) is 0. The Morgan fingerprint density at radius 1 is 1.14 bits per heavy atom. The van der Waals surface area contributed by atoms with Crippen LogP contribution in [0.25, 0.3) is 5.69 Å². The Morgan fingerprint density at radius 3 is 2.45 bits per heavy atom. The average molecular weight is 435 g/mol. The van der Waals surface area contributed by atoms with Gasteiger partial charge in [-0.05, 0) is 73.2 Å². The molecule has 0 fully saturated rings. The van der Waals surface area contributed by atoms with E-state index in [1.165, 1.54) is 31.2 Å². The summed E-state index contributed by atoms with van der Waals surface area (Å²) in [4.78, 5) is 12.5. The third kappa shape index (κ3) is 4.78. The predicted octanol–water partition coefficient (Wildman–Crippen LogP) is 2.24. The van der Waals surface area contributed by atoms with Gasteiger partial charge in [-0.1, -0.05) is 17.7 Å². The minimum Gasteiger partial charge on any atom is -0.325 e. The van der Waals surface area contributed by atoms with Crippen LogP contribution >= 0.6 is 11.6 Å². The van der Waals surface area contributed by atoms with Crippen molar-refractivity contribution in [2.45, 2.75) is 31.7 Å². The zero-order valence-electron chi connectivity index (χ0n) is 15.9. The number of carbonyl (C=O) groups excluding carboxylic acids is 1. The normalized spacial score (nSPS) is 12.6. The van der Waals surface area contributed by atoms with E-state index >= 15 is 0 Å². The van der Waals surface area contributed by atoms with Gasteiger partial charge in [0, 0.05) is 10.7 Å². The SMILES string of the molecule is Cc1ccc(NC(=O)[C@H](C)NS(=O)(=O)c2ccc(Cl)cc2)cc1-n1nnnc1C. The Bertz CT molecular complexity index is 1140. The van der Waals surface area contributed by atoms with E-state index in [4.69, 9.17) is 11.6 Å². The second-order valence-electron chi connectivity index (χ2n) is 6.43. The summed E-state index contributed by atoms with van der Waals surface area (Å²) in [5.74, 6) is 0.0893. The van der Waals surface area contributed by atoms with Crippen molar-refractivity contribution in [3.8, 4) is 5.69 Å². The molecule has 0 saturated carbocycles. The third-order valence-corrected chi connectivity index (χ3v) is 5.99. The number of rotatable bonds is 6. The van der Waals surface area contributed by atoms with E-state index in [1.807, 2.05) is 13.0 Å². The van der Waals surface area contributed by atoms with Gasteiger partial charge >= 0.3 is 0 Å². The molecule has 3 rings (SSSR count). The number of aromatic nitrogens is 4. The summed E-state index contributed by atoms with van der Waals surface area (Å²) in [5.41, 5.74) is 2.11. The van der Waals surface area contributed by atoms with Gasteiger partial charge in [0.1, 0.15) is 0 Å². The molecule has 0 bridgehead atoms. The summed E-state index contributed by atoms with van der Waals surface area (Å²) < 4.78 is 28.8. The highest BCUT2D eigenvalue weighted by atomic mass is 35.5. The van der Waals surface area contributed by atoms with Crippen molar-refractivity contribution in [1.82, 2.24) is 24.9 Å². The van der Waals surface area contributed by atoms with Crippen LogP contribution in [0.3, 0.4) is 0 Å².